The normalized spacial score (nSPS) is 14.8. The molecule has 10 heteroatoms. The van der Waals surface area contributed by atoms with Crippen LogP contribution < -0.4 is 9.80 Å². The molecule has 2 aromatic heterocycles. The smallest absolute Gasteiger partial charge is 0.297 e. The molecule has 0 radical (unpaired) electrons. The summed E-state index contributed by atoms with van der Waals surface area (Å²) in [5.41, 5.74) is 0.914. The number of hydrogen-bond donors (Lipinski definition) is 0. The van der Waals surface area contributed by atoms with Crippen molar-refractivity contribution in [3.05, 3.63) is 60.2 Å². The summed E-state index contributed by atoms with van der Waals surface area (Å²) < 4.78 is 53.4. The van der Waals surface area contributed by atoms with Gasteiger partial charge < -0.3 is 9.80 Å². The van der Waals surface area contributed by atoms with Gasteiger partial charge in [-0.15, -0.1) is 0 Å². The maximum absolute atomic E-state index is 13.3. The van der Waals surface area contributed by atoms with Gasteiger partial charge in [-0.2, -0.15) is 0 Å². The predicted octanol–water partition coefficient (Wildman–Crippen LogP) is 4.77. The van der Waals surface area contributed by atoms with Crippen LogP contribution in [0.25, 0.3) is 21.8 Å². The topological polar surface area (TPSA) is 58.0 Å². The first-order valence-corrected chi connectivity index (χ1v) is 10.1. The Labute approximate surface area is 180 Å². The molecule has 0 N–H and O–H groups in total. The minimum atomic E-state index is -2.78. The van der Waals surface area contributed by atoms with E-state index in [0.29, 0.717) is 59.6 Å². The lowest BCUT2D eigenvalue weighted by Gasteiger charge is -2.37. The molecule has 6 nitrogen and oxygen atoms in total. The van der Waals surface area contributed by atoms with E-state index in [1.807, 2.05) is 21.9 Å². The zero-order valence-corrected chi connectivity index (χ0v) is 16.8. The number of rotatable bonds is 4. The molecular formula is C22H18F4N6. The standard InChI is InChI=1S/C22H18F4N6/c23-17(24)19-27-15-7-3-1-5-13(15)21(29-19)31-9-11-32(12-10-31)22-14-6-2-4-8-16(14)28-20(30-22)18(25)26/h1-8,17-18H,9-12H2. The number of nitrogens with zero attached hydrogens (tertiary/aromatic N) is 6. The second kappa shape index (κ2) is 8.18. The summed E-state index contributed by atoms with van der Waals surface area (Å²) in [6.07, 6.45) is -5.56. The molecular weight excluding hydrogens is 424 g/mol. The summed E-state index contributed by atoms with van der Waals surface area (Å²) in [4.78, 5) is 20.0. The Morgan fingerprint density at radius 2 is 0.938 bits per heavy atom. The van der Waals surface area contributed by atoms with E-state index < -0.39 is 24.5 Å². The summed E-state index contributed by atoms with van der Waals surface area (Å²) in [5, 5.41) is 1.38. The van der Waals surface area contributed by atoms with Crippen molar-refractivity contribution < 1.29 is 17.6 Å². The first kappa shape index (κ1) is 20.3. The van der Waals surface area contributed by atoms with Gasteiger partial charge in [0.1, 0.15) is 11.6 Å². The second-order valence-electron chi connectivity index (χ2n) is 7.42. The fourth-order valence-corrected chi connectivity index (χ4v) is 3.96. The fourth-order valence-electron chi connectivity index (χ4n) is 3.96. The number of piperazine rings is 1. The molecule has 1 aliphatic rings. The van der Waals surface area contributed by atoms with E-state index in [1.165, 1.54) is 0 Å². The number of anilines is 2. The minimum Gasteiger partial charge on any atom is -0.352 e. The molecule has 32 heavy (non-hydrogen) atoms. The Balaban J connectivity index is 1.47. The van der Waals surface area contributed by atoms with Crippen molar-refractivity contribution >= 4 is 33.4 Å². The van der Waals surface area contributed by atoms with Gasteiger partial charge in [-0.05, 0) is 24.3 Å². The van der Waals surface area contributed by atoms with Crippen molar-refractivity contribution in [3.63, 3.8) is 0 Å². The van der Waals surface area contributed by atoms with Gasteiger partial charge in [-0.25, -0.2) is 37.5 Å². The molecule has 0 saturated carbocycles. The molecule has 5 rings (SSSR count). The molecule has 0 aliphatic carbocycles. The van der Waals surface area contributed by atoms with Crippen molar-refractivity contribution in [2.75, 3.05) is 36.0 Å². The van der Waals surface area contributed by atoms with Crippen LogP contribution in [0.3, 0.4) is 0 Å². The van der Waals surface area contributed by atoms with Crippen LogP contribution in [-0.2, 0) is 0 Å². The number of alkyl halides is 4. The second-order valence-corrected chi connectivity index (χ2v) is 7.42. The Bertz CT molecular complexity index is 1170. The lowest BCUT2D eigenvalue weighted by Crippen LogP contribution is -2.47. The molecule has 1 saturated heterocycles. The Morgan fingerprint density at radius 1 is 0.562 bits per heavy atom. The molecule has 3 heterocycles. The number of benzene rings is 2. The molecule has 2 aromatic carbocycles. The number of para-hydroxylation sites is 2. The quantitative estimate of drug-likeness (QED) is 0.424. The van der Waals surface area contributed by atoms with E-state index in [9.17, 15) is 17.6 Å². The summed E-state index contributed by atoms with van der Waals surface area (Å²) >= 11 is 0. The van der Waals surface area contributed by atoms with Crippen LogP contribution in [-0.4, -0.2) is 46.1 Å². The average molecular weight is 442 g/mol. The van der Waals surface area contributed by atoms with Gasteiger partial charge in [0.05, 0.1) is 11.0 Å². The van der Waals surface area contributed by atoms with Crippen LogP contribution in [0, 0.1) is 0 Å². The molecule has 1 fully saturated rings. The molecule has 1 aliphatic heterocycles. The summed E-state index contributed by atoms with van der Waals surface area (Å²) in [7, 11) is 0. The van der Waals surface area contributed by atoms with E-state index in [1.54, 1.807) is 36.4 Å². The van der Waals surface area contributed by atoms with Crippen molar-refractivity contribution in [2.45, 2.75) is 12.9 Å². The zero-order valence-electron chi connectivity index (χ0n) is 16.8. The summed E-state index contributed by atoms with van der Waals surface area (Å²) in [6.45, 7) is 1.86. The molecule has 0 amide bonds. The third kappa shape index (κ3) is 3.65. The molecule has 0 spiro atoms. The lowest BCUT2D eigenvalue weighted by molar-refractivity contribution is 0.140. The van der Waals surface area contributed by atoms with E-state index in [0.717, 1.165) is 0 Å². The molecule has 0 atom stereocenters. The van der Waals surface area contributed by atoms with Gasteiger partial charge in [0.15, 0.2) is 11.6 Å². The first-order valence-electron chi connectivity index (χ1n) is 10.1. The number of aromatic nitrogens is 4. The highest BCUT2D eigenvalue weighted by Gasteiger charge is 2.25. The highest BCUT2D eigenvalue weighted by atomic mass is 19.3. The highest BCUT2D eigenvalue weighted by molar-refractivity contribution is 5.91. The average Bonchev–Trinajstić information content (AvgIpc) is 2.82. The van der Waals surface area contributed by atoms with Crippen molar-refractivity contribution in [1.29, 1.82) is 0 Å². The Hall–Kier alpha value is -3.56. The predicted molar refractivity (Wildman–Crippen MR) is 113 cm³/mol. The van der Waals surface area contributed by atoms with Crippen molar-refractivity contribution in [2.24, 2.45) is 0 Å². The van der Waals surface area contributed by atoms with E-state index >= 15 is 0 Å². The lowest BCUT2D eigenvalue weighted by atomic mass is 10.2. The van der Waals surface area contributed by atoms with Crippen LogP contribution in [0.2, 0.25) is 0 Å². The van der Waals surface area contributed by atoms with Gasteiger partial charge >= 0.3 is 0 Å². The molecule has 0 unspecified atom stereocenters. The van der Waals surface area contributed by atoms with E-state index in [4.69, 9.17) is 0 Å². The molecule has 4 aromatic rings. The maximum atomic E-state index is 13.3. The Kier molecular flexibility index (Phi) is 5.20. The third-order valence-corrected chi connectivity index (χ3v) is 5.47. The van der Waals surface area contributed by atoms with Gasteiger partial charge in [0.25, 0.3) is 12.9 Å². The van der Waals surface area contributed by atoms with E-state index in [-0.39, 0.29) is 0 Å². The van der Waals surface area contributed by atoms with E-state index in [2.05, 4.69) is 19.9 Å². The van der Waals surface area contributed by atoms with Crippen LogP contribution in [0.1, 0.15) is 24.5 Å². The van der Waals surface area contributed by atoms with Gasteiger partial charge in [-0.1, -0.05) is 24.3 Å². The van der Waals surface area contributed by atoms with Crippen LogP contribution in [0.5, 0.6) is 0 Å². The highest BCUT2D eigenvalue weighted by Crippen LogP contribution is 2.31. The maximum Gasteiger partial charge on any atom is 0.297 e. The number of hydrogen-bond acceptors (Lipinski definition) is 6. The monoisotopic (exact) mass is 442 g/mol. The van der Waals surface area contributed by atoms with Crippen LogP contribution in [0.15, 0.2) is 48.5 Å². The van der Waals surface area contributed by atoms with Gasteiger partial charge in [0, 0.05) is 37.0 Å². The first-order chi connectivity index (χ1) is 15.5. The SMILES string of the molecule is FC(F)c1nc(N2CCN(c3nc(C(F)F)nc4ccccc34)CC2)c2ccccc2n1. The molecule has 0 bridgehead atoms. The number of halogens is 4. The zero-order chi connectivity index (χ0) is 22.2. The number of fused-ring (bicyclic) bond motifs is 2. The fraction of sp³-hybridized carbons (Fsp3) is 0.273. The summed E-state index contributed by atoms with van der Waals surface area (Å²) in [5.74, 6) is -0.119. The van der Waals surface area contributed by atoms with Crippen LogP contribution >= 0.6 is 0 Å². The van der Waals surface area contributed by atoms with Crippen molar-refractivity contribution in [3.8, 4) is 0 Å². The minimum absolute atomic E-state index is 0.450. The van der Waals surface area contributed by atoms with Crippen LogP contribution in [0.4, 0.5) is 29.2 Å². The van der Waals surface area contributed by atoms with Gasteiger partial charge in [-0.3, -0.25) is 0 Å². The van der Waals surface area contributed by atoms with Gasteiger partial charge in [0.2, 0.25) is 0 Å². The van der Waals surface area contributed by atoms with Crippen molar-refractivity contribution in [1.82, 2.24) is 19.9 Å². The third-order valence-electron chi connectivity index (χ3n) is 5.47. The molecule has 164 valence electrons. The summed E-state index contributed by atoms with van der Waals surface area (Å²) in [6, 6.07) is 14.1. The largest absolute Gasteiger partial charge is 0.352 e. The Morgan fingerprint density at radius 3 is 1.31 bits per heavy atom.